The van der Waals surface area contributed by atoms with Gasteiger partial charge in [0.2, 0.25) is 5.91 Å². The van der Waals surface area contributed by atoms with Crippen LogP contribution in [0.5, 0.6) is 0 Å². The Morgan fingerprint density at radius 3 is 2.24 bits per heavy atom. The highest BCUT2D eigenvalue weighted by Crippen LogP contribution is 2.07. The number of ketones is 1. The van der Waals surface area contributed by atoms with E-state index in [4.69, 9.17) is 4.74 Å². The molecule has 0 unspecified atom stereocenters. The van der Waals surface area contributed by atoms with E-state index in [2.05, 4.69) is 5.32 Å². The minimum atomic E-state index is -0.440. The molecule has 0 aliphatic rings. The number of Topliss-reactive ketones (excluding diaryl/α,β-unsaturated/α-hetero) is 1. The maximum atomic E-state index is 11.5. The van der Waals surface area contributed by atoms with Crippen molar-refractivity contribution in [1.82, 2.24) is 5.32 Å². The molecule has 0 aromatic heterocycles. The van der Waals surface area contributed by atoms with E-state index in [0.29, 0.717) is 6.42 Å². The average Bonchev–Trinajstić information content (AvgIpc) is 2.21. The monoisotopic (exact) mass is 243 g/mol. The zero-order valence-corrected chi connectivity index (χ0v) is 10.9. The van der Waals surface area contributed by atoms with Gasteiger partial charge in [-0.15, -0.1) is 0 Å². The van der Waals surface area contributed by atoms with Gasteiger partial charge in [0.05, 0.1) is 0 Å². The summed E-state index contributed by atoms with van der Waals surface area (Å²) in [5.74, 6) is -0.935. The lowest BCUT2D eigenvalue weighted by Gasteiger charge is -2.13. The molecule has 1 amide bonds. The second-order valence-electron chi connectivity index (χ2n) is 4.47. The SMILES string of the molecule is CC(=O)COC(=O)CC[C@H](C)C(=O)NC(C)C. The van der Waals surface area contributed by atoms with Crippen LogP contribution < -0.4 is 5.32 Å². The Kier molecular flexibility index (Phi) is 7.18. The van der Waals surface area contributed by atoms with Gasteiger partial charge in [-0.1, -0.05) is 6.92 Å². The Labute approximate surface area is 102 Å². The molecule has 0 saturated carbocycles. The molecule has 1 atom stereocenters. The second kappa shape index (κ2) is 7.81. The van der Waals surface area contributed by atoms with Crippen LogP contribution in [0, 0.1) is 5.92 Å². The number of rotatable bonds is 7. The van der Waals surface area contributed by atoms with Crippen molar-refractivity contribution in [2.45, 2.75) is 46.6 Å². The van der Waals surface area contributed by atoms with Gasteiger partial charge in [0.15, 0.2) is 5.78 Å². The van der Waals surface area contributed by atoms with Crippen LogP contribution in [0.4, 0.5) is 0 Å². The molecular formula is C12H21NO4. The summed E-state index contributed by atoms with van der Waals surface area (Å²) >= 11 is 0. The fourth-order valence-corrected chi connectivity index (χ4v) is 1.15. The molecule has 0 radical (unpaired) electrons. The van der Waals surface area contributed by atoms with E-state index in [1.807, 2.05) is 13.8 Å². The third-order valence-electron chi connectivity index (χ3n) is 2.10. The van der Waals surface area contributed by atoms with E-state index < -0.39 is 5.97 Å². The molecule has 5 heteroatoms. The van der Waals surface area contributed by atoms with Crippen LogP contribution in [0.2, 0.25) is 0 Å². The molecule has 98 valence electrons. The lowest BCUT2D eigenvalue weighted by Crippen LogP contribution is -2.34. The standard InChI is InChI=1S/C12H21NO4/c1-8(2)13-12(16)9(3)5-6-11(15)17-7-10(4)14/h8-9H,5-7H2,1-4H3,(H,13,16)/t9-/m0/s1. The van der Waals surface area contributed by atoms with Crippen molar-refractivity contribution in [1.29, 1.82) is 0 Å². The predicted molar refractivity (Wildman–Crippen MR) is 63.3 cm³/mol. The molecule has 0 aliphatic carbocycles. The number of ether oxygens (including phenoxy) is 1. The van der Waals surface area contributed by atoms with E-state index in [0.717, 1.165) is 0 Å². The van der Waals surface area contributed by atoms with Crippen molar-refractivity contribution < 1.29 is 19.1 Å². The molecule has 0 saturated heterocycles. The normalized spacial score (nSPS) is 12.1. The van der Waals surface area contributed by atoms with Gasteiger partial charge in [-0.3, -0.25) is 14.4 Å². The first kappa shape index (κ1) is 15.6. The van der Waals surface area contributed by atoms with Crippen LogP contribution in [0.1, 0.15) is 40.5 Å². The predicted octanol–water partition coefficient (Wildman–Crippen LogP) is 1.06. The van der Waals surface area contributed by atoms with E-state index in [9.17, 15) is 14.4 Å². The minimum Gasteiger partial charge on any atom is -0.458 e. The zero-order chi connectivity index (χ0) is 13.4. The number of hydrogen-bond acceptors (Lipinski definition) is 4. The third-order valence-corrected chi connectivity index (χ3v) is 2.10. The summed E-state index contributed by atoms with van der Waals surface area (Å²) < 4.78 is 4.69. The zero-order valence-electron chi connectivity index (χ0n) is 10.9. The van der Waals surface area contributed by atoms with Crippen molar-refractivity contribution in [2.75, 3.05) is 6.61 Å². The molecule has 0 spiro atoms. The molecule has 1 N–H and O–H groups in total. The van der Waals surface area contributed by atoms with Gasteiger partial charge in [0.25, 0.3) is 0 Å². The average molecular weight is 243 g/mol. The maximum absolute atomic E-state index is 11.5. The van der Waals surface area contributed by atoms with Gasteiger partial charge in [-0.05, 0) is 27.2 Å². The molecule has 0 bridgehead atoms. The summed E-state index contributed by atoms with van der Waals surface area (Å²) in [6.45, 7) is 6.69. The largest absolute Gasteiger partial charge is 0.458 e. The Bertz CT molecular complexity index is 286. The Morgan fingerprint density at radius 2 is 1.76 bits per heavy atom. The first-order chi connectivity index (χ1) is 7.82. The van der Waals surface area contributed by atoms with Gasteiger partial charge in [-0.2, -0.15) is 0 Å². The van der Waals surface area contributed by atoms with Crippen LogP contribution >= 0.6 is 0 Å². The quantitative estimate of drug-likeness (QED) is 0.679. The van der Waals surface area contributed by atoms with Crippen LogP contribution in [0.25, 0.3) is 0 Å². The highest BCUT2D eigenvalue weighted by molar-refractivity contribution is 5.81. The van der Waals surface area contributed by atoms with Crippen LogP contribution in [-0.4, -0.2) is 30.3 Å². The molecule has 0 fully saturated rings. The van der Waals surface area contributed by atoms with Crippen LogP contribution in [0.3, 0.4) is 0 Å². The highest BCUT2D eigenvalue weighted by Gasteiger charge is 2.15. The topological polar surface area (TPSA) is 72.5 Å². The van der Waals surface area contributed by atoms with Crippen molar-refractivity contribution in [3.63, 3.8) is 0 Å². The molecule has 5 nitrogen and oxygen atoms in total. The number of hydrogen-bond donors (Lipinski definition) is 1. The van der Waals surface area contributed by atoms with E-state index in [1.165, 1.54) is 6.92 Å². The van der Waals surface area contributed by atoms with Crippen molar-refractivity contribution in [2.24, 2.45) is 5.92 Å². The van der Waals surface area contributed by atoms with Gasteiger partial charge in [-0.25, -0.2) is 0 Å². The summed E-state index contributed by atoms with van der Waals surface area (Å²) in [4.78, 5) is 33.3. The van der Waals surface area contributed by atoms with Gasteiger partial charge in [0, 0.05) is 18.4 Å². The molecule has 0 aliphatic heterocycles. The fourth-order valence-electron chi connectivity index (χ4n) is 1.15. The maximum Gasteiger partial charge on any atom is 0.306 e. The van der Waals surface area contributed by atoms with Gasteiger partial charge < -0.3 is 10.1 Å². The smallest absolute Gasteiger partial charge is 0.306 e. The Hall–Kier alpha value is -1.39. The lowest BCUT2D eigenvalue weighted by molar-refractivity contribution is -0.147. The number of carbonyl (C=O) groups is 3. The molecule has 17 heavy (non-hydrogen) atoms. The van der Waals surface area contributed by atoms with Crippen molar-refractivity contribution >= 4 is 17.7 Å². The van der Waals surface area contributed by atoms with Crippen molar-refractivity contribution in [3.05, 3.63) is 0 Å². The molecule has 0 aromatic rings. The van der Waals surface area contributed by atoms with Crippen molar-refractivity contribution in [3.8, 4) is 0 Å². The number of amides is 1. The summed E-state index contributed by atoms with van der Waals surface area (Å²) in [6, 6.07) is 0.0922. The minimum absolute atomic E-state index is 0.0700. The third kappa shape index (κ3) is 8.42. The van der Waals surface area contributed by atoms with E-state index in [-0.39, 0.29) is 36.7 Å². The molecule has 0 aromatic carbocycles. The van der Waals surface area contributed by atoms with Crippen LogP contribution in [-0.2, 0) is 19.1 Å². The Morgan fingerprint density at radius 1 is 1.18 bits per heavy atom. The van der Waals surface area contributed by atoms with E-state index >= 15 is 0 Å². The van der Waals surface area contributed by atoms with Gasteiger partial charge in [0.1, 0.15) is 6.61 Å². The Balaban J connectivity index is 3.83. The molecule has 0 heterocycles. The summed E-state index contributed by atoms with van der Waals surface area (Å²) in [5.41, 5.74) is 0. The number of esters is 1. The summed E-state index contributed by atoms with van der Waals surface area (Å²) in [5, 5.41) is 2.77. The fraction of sp³-hybridized carbons (Fsp3) is 0.750. The summed E-state index contributed by atoms with van der Waals surface area (Å²) in [7, 11) is 0. The summed E-state index contributed by atoms with van der Waals surface area (Å²) in [6.07, 6.45) is 0.579. The highest BCUT2D eigenvalue weighted by atomic mass is 16.5. The second-order valence-corrected chi connectivity index (χ2v) is 4.47. The number of carbonyl (C=O) groups excluding carboxylic acids is 3. The van der Waals surface area contributed by atoms with Gasteiger partial charge >= 0.3 is 5.97 Å². The lowest BCUT2D eigenvalue weighted by atomic mass is 10.0. The first-order valence-corrected chi connectivity index (χ1v) is 5.78. The van der Waals surface area contributed by atoms with E-state index in [1.54, 1.807) is 6.92 Å². The molecular weight excluding hydrogens is 222 g/mol. The molecule has 0 rings (SSSR count). The first-order valence-electron chi connectivity index (χ1n) is 5.78. The number of nitrogens with one attached hydrogen (secondary N) is 1. The van der Waals surface area contributed by atoms with Crippen LogP contribution in [0.15, 0.2) is 0 Å².